The minimum Gasteiger partial charge on any atom is -0.485 e. The van der Waals surface area contributed by atoms with Gasteiger partial charge in [0.05, 0.1) is 15.7 Å². The van der Waals surface area contributed by atoms with Gasteiger partial charge in [-0.1, -0.05) is 12.1 Å². The number of rotatable bonds is 2. The molecule has 0 fully saturated rings. The van der Waals surface area contributed by atoms with Crippen molar-refractivity contribution in [1.29, 1.82) is 0 Å². The zero-order chi connectivity index (χ0) is 14.9. The molecular weight excluding hydrogens is 300 g/mol. The largest absolute Gasteiger partial charge is 0.485 e. The molecule has 0 radical (unpaired) electrons. The topological polar surface area (TPSA) is 60.5 Å². The number of hydrogen-bond acceptors (Lipinski definition) is 5. The number of carbonyl (C=O) groups excluding carboxylic acids is 1. The van der Waals surface area contributed by atoms with Crippen molar-refractivity contribution in [2.75, 3.05) is 11.9 Å². The second kappa shape index (κ2) is 5.31. The molecule has 0 aliphatic carbocycles. The molecule has 5 nitrogen and oxygen atoms in total. The molecule has 2 heterocycles. The van der Waals surface area contributed by atoms with Crippen molar-refractivity contribution in [1.82, 2.24) is 4.98 Å². The highest BCUT2D eigenvalue weighted by Crippen LogP contribution is 2.31. The highest BCUT2D eigenvalue weighted by molar-refractivity contribution is 7.16. The normalized spacial score (nSPS) is 16.5. The van der Waals surface area contributed by atoms with Gasteiger partial charge in [0.1, 0.15) is 6.61 Å². The van der Waals surface area contributed by atoms with Gasteiger partial charge in [-0.15, -0.1) is 11.3 Å². The average molecular weight is 312 g/mol. The van der Waals surface area contributed by atoms with Gasteiger partial charge in [0.15, 0.2) is 11.5 Å². The molecule has 0 unspecified atom stereocenters. The number of para-hydroxylation sites is 2. The number of fused-ring (bicyclic) bond motifs is 2. The number of thiazole rings is 1. The molecule has 1 atom stereocenters. The van der Waals surface area contributed by atoms with Crippen LogP contribution >= 0.6 is 11.3 Å². The Morgan fingerprint density at radius 2 is 2.09 bits per heavy atom. The van der Waals surface area contributed by atoms with E-state index in [-0.39, 0.29) is 12.5 Å². The molecule has 2 aromatic carbocycles. The molecule has 1 aliphatic rings. The molecule has 1 aromatic heterocycles. The van der Waals surface area contributed by atoms with Crippen LogP contribution < -0.4 is 14.8 Å². The van der Waals surface area contributed by atoms with E-state index in [0.717, 1.165) is 15.9 Å². The molecule has 1 aliphatic heterocycles. The first kappa shape index (κ1) is 13.1. The summed E-state index contributed by atoms with van der Waals surface area (Å²) in [5.41, 5.74) is 3.43. The third-order valence-corrected chi connectivity index (χ3v) is 4.19. The first-order valence-corrected chi connectivity index (χ1v) is 7.70. The number of anilines is 1. The molecule has 0 saturated carbocycles. The van der Waals surface area contributed by atoms with Crippen LogP contribution in [0.2, 0.25) is 0 Å². The monoisotopic (exact) mass is 312 g/mol. The zero-order valence-corrected chi connectivity index (χ0v) is 12.3. The predicted octanol–water partition coefficient (Wildman–Crippen LogP) is 3.07. The fourth-order valence-corrected chi connectivity index (χ4v) is 3.02. The molecule has 0 spiro atoms. The Kier molecular flexibility index (Phi) is 3.16. The Hall–Kier alpha value is -2.60. The van der Waals surface area contributed by atoms with Gasteiger partial charge in [-0.3, -0.25) is 4.79 Å². The van der Waals surface area contributed by atoms with Crippen LogP contribution in [0.1, 0.15) is 0 Å². The van der Waals surface area contributed by atoms with Crippen LogP contribution in [0.4, 0.5) is 5.69 Å². The number of nitrogens with zero attached hydrogens (tertiary/aromatic N) is 1. The zero-order valence-electron chi connectivity index (χ0n) is 11.5. The van der Waals surface area contributed by atoms with E-state index < -0.39 is 6.10 Å². The molecule has 110 valence electrons. The van der Waals surface area contributed by atoms with Crippen LogP contribution in [0.3, 0.4) is 0 Å². The van der Waals surface area contributed by atoms with E-state index >= 15 is 0 Å². The average Bonchev–Trinajstić information content (AvgIpc) is 3.02. The summed E-state index contributed by atoms with van der Waals surface area (Å²) < 4.78 is 12.3. The van der Waals surface area contributed by atoms with Gasteiger partial charge in [0, 0.05) is 5.69 Å². The lowest BCUT2D eigenvalue weighted by Gasteiger charge is -2.25. The van der Waals surface area contributed by atoms with Gasteiger partial charge < -0.3 is 14.8 Å². The quantitative estimate of drug-likeness (QED) is 0.790. The van der Waals surface area contributed by atoms with Crippen molar-refractivity contribution in [3.63, 3.8) is 0 Å². The fourth-order valence-electron chi connectivity index (χ4n) is 2.30. The summed E-state index contributed by atoms with van der Waals surface area (Å²) in [4.78, 5) is 16.5. The van der Waals surface area contributed by atoms with Gasteiger partial charge in [0.25, 0.3) is 5.91 Å². The van der Waals surface area contributed by atoms with Crippen LogP contribution in [0.5, 0.6) is 11.5 Å². The molecule has 1 amide bonds. The second-order valence-electron chi connectivity index (χ2n) is 4.89. The Morgan fingerprint density at radius 3 is 3.00 bits per heavy atom. The summed E-state index contributed by atoms with van der Waals surface area (Å²) in [7, 11) is 0. The molecule has 1 N–H and O–H groups in total. The first-order chi connectivity index (χ1) is 10.8. The number of nitrogens with one attached hydrogen (secondary N) is 1. The maximum Gasteiger partial charge on any atom is 0.269 e. The van der Waals surface area contributed by atoms with Crippen molar-refractivity contribution >= 4 is 33.1 Å². The molecule has 6 heteroatoms. The maximum absolute atomic E-state index is 12.3. The maximum atomic E-state index is 12.3. The van der Waals surface area contributed by atoms with E-state index in [1.165, 1.54) is 11.3 Å². The van der Waals surface area contributed by atoms with Crippen LogP contribution in [0, 0.1) is 0 Å². The fraction of sp³-hybridized carbons (Fsp3) is 0.125. The third-order valence-electron chi connectivity index (χ3n) is 3.40. The van der Waals surface area contributed by atoms with Crippen LogP contribution in [-0.2, 0) is 4.79 Å². The van der Waals surface area contributed by atoms with Crippen LogP contribution in [-0.4, -0.2) is 23.6 Å². The summed E-state index contributed by atoms with van der Waals surface area (Å²) in [5, 5.41) is 2.86. The standard InChI is InChI=1S/C16H12N2O3S/c19-16(14-8-20-12-3-1-2-4-13(12)21-14)18-10-5-6-11-15(7-10)22-9-17-11/h1-7,9,14H,8H2,(H,18,19)/t14-/m1/s1. The lowest BCUT2D eigenvalue weighted by Crippen LogP contribution is -2.40. The molecule has 3 aromatic rings. The van der Waals surface area contributed by atoms with Gasteiger partial charge >= 0.3 is 0 Å². The van der Waals surface area contributed by atoms with Gasteiger partial charge in [-0.05, 0) is 30.3 Å². The Morgan fingerprint density at radius 1 is 1.23 bits per heavy atom. The van der Waals surface area contributed by atoms with E-state index in [4.69, 9.17) is 9.47 Å². The number of aromatic nitrogens is 1. The summed E-state index contributed by atoms with van der Waals surface area (Å²) >= 11 is 1.54. The summed E-state index contributed by atoms with van der Waals surface area (Å²) in [6.07, 6.45) is -0.660. The van der Waals surface area contributed by atoms with E-state index in [1.807, 2.05) is 36.4 Å². The van der Waals surface area contributed by atoms with Gasteiger partial charge in [0.2, 0.25) is 6.10 Å². The lowest BCUT2D eigenvalue weighted by molar-refractivity contribution is -0.125. The SMILES string of the molecule is O=C(Nc1ccc2ncsc2c1)[C@H]1COc2ccccc2O1. The summed E-state index contributed by atoms with van der Waals surface area (Å²) in [6, 6.07) is 12.9. The third kappa shape index (κ3) is 2.37. The minimum absolute atomic E-state index is 0.200. The van der Waals surface area contributed by atoms with Gasteiger partial charge in [-0.25, -0.2) is 4.98 Å². The Labute approximate surface area is 130 Å². The van der Waals surface area contributed by atoms with E-state index in [2.05, 4.69) is 10.3 Å². The highest BCUT2D eigenvalue weighted by Gasteiger charge is 2.27. The molecular formula is C16H12N2O3S. The second-order valence-corrected chi connectivity index (χ2v) is 5.77. The molecule has 4 rings (SSSR count). The predicted molar refractivity (Wildman–Crippen MR) is 84.6 cm³/mol. The van der Waals surface area contributed by atoms with Crippen LogP contribution in [0.25, 0.3) is 10.2 Å². The lowest BCUT2D eigenvalue weighted by atomic mass is 10.2. The van der Waals surface area contributed by atoms with Crippen molar-refractivity contribution in [2.24, 2.45) is 0 Å². The summed E-state index contributed by atoms with van der Waals surface area (Å²) in [6.45, 7) is 0.200. The van der Waals surface area contributed by atoms with E-state index in [1.54, 1.807) is 11.6 Å². The highest BCUT2D eigenvalue weighted by atomic mass is 32.1. The van der Waals surface area contributed by atoms with Crippen molar-refractivity contribution in [3.8, 4) is 11.5 Å². The number of amides is 1. The Bertz CT molecular complexity index is 846. The minimum atomic E-state index is -0.660. The van der Waals surface area contributed by atoms with Crippen molar-refractivity contribution < 1.29 is 14.3 Å². The van der Waals surface area contributed by atoms with Gasteiger partial charge in [-0.2, -0.15) is 0 Å². The number of benzene rings is 2. The molecule has 22 heavy (non-hydrogen) atoms. The Balaban J connectivity index is 1.50. The molecule has 0 bridgehead atoms. The smallest absolute Gasteiger partial charge is 0.269 e. The van der Waals surface area contributed by atoms with Crippen molar-refractivity contribution in [3.05, 3.63) is 48.0 Å². The van der Waals surface area contributed by atoms with E-state index in [0.29, 0.717) is 11.5 Å². The summed E-state index contributed by atoms with van der Waals surface area (Å²) in [5.74, 6) is 1.03. The number of hydrogen-bond donors (Lipinski definition) is 1. The first-order valence-electron chi connectivity index (χ1n) is 6.82. The van der Waals surface area contributed by atoms with E-state index in [9.17, 15) is 4.79 Å². The van der Waals surface area contributed by atoms with Crippen molar-refractivity contribution in [2.45, 2.75) is 6.10 Å². The number of ether oxygens (including phenoxy) is 2. The number of carbonyl (C=O) groups is 1. The van der Waals surface area contributed by atoms with Crippen LogP contribution in [0.15, 0.2) is 48.0 Å². The molecule has 0 saturated heterocycles.